The summed E-state index contributed by atoms with van der Waals surface area (Å²) in [5.41, 5.74) is 1.99. The molecule has 1 amide bonds. The van der Waals surface area contributed by atoms with Crippen LogP contribution < -0.4 is 15.5 Å². The molecule has 0 unspecified atom stereocenters. The van der Waals surface area contributed by atoms with Crippen molar-refractivity contribution in [1.82, 2.24) is 34.2 Å². The monoisotopic (exact) mass is 582 g/mol. The number of nitriles is 1. The van der Waals surface area contributed by atoms with Crippen LogP contribution in [0, 0.1) is 17.1 Å². The number of nitrogens with zero attached hydrogens (tertiary/aromatic N) is 10. The molecule has 2 aliphatic rings. The second-order valence-electron chi connectivity index (χ2n) is 10.6. The van der Waals surface area contributed by atoms with E-state index in [2.05, 4.69) is 42.8 Å². The largest absolute Gasteiger partial charge is 0.352 e. The zero-order valence-corrected chi connectivity index (χ0v) is 23.9. The fourth-order valence-electron chi connectivity index (χ4n) is 5.45. The summed E-state index contributed by atoms with van der Waals surface area (Å²) in [6.45, 7) is 5.90. The molecule has 2 fully saturated rings. The molecule has 43 heavy (non-hydrogen) atoms. The van der Waals surface area contributed by atoms with E-state index in [-0.39, 0.29) is 18.1 Å². The molecule has 13 heteroatoms. The molecule has 0 N–H and O–H groups in total. The first kappa shape index (κ1) is 28.0. The molecule has 0 radical (unpaired) electrons. The molecule has 220 valence electrons. The third kappa shape index (κ3) is 5.68. The summed E-state index contributed by atoms with van der Waals surface area (Å²) >= 11 is 0. The van der Waals surface area contributed by atoms with Crippen molar-refractivity contribution in [3.63, 3.8) is 0 Å². The summed E-state index contributed by atoms with van der Waals surface area (Å²) in [6.07, 6.45) is 9.32. The third-order valence-corrected chi connectivity index (χ3v) is 7.97. The average molecular weight is 583 g/mol. The number of aryl methyl sites for hydroxylation is 1. The lowest BCUT2D eigenvalue weighted by Crippen LogP contribution is -2.47. The summed E-state index contributed by atoms with van der Waals surface area (Å²) in [6, 6.07) is 8.38. The van der Waals surface area contributed by atoms with Crippen molar-refractivity contribution in [2.75, 3.05) is 49.1 Å². The van der Waals surface area contributed by atoms with Gasteiger partial charge in [-0.1, -0.05) is 13.0 Å². The van der Waals surface area contributed by atoms with Gasteiger partial charge in [0.2, 0.25) is 11.9 Å². The van der Waals surface area contributed by atoms with Crippen molar-refractivity contribution >= 4 is 17.7 Å². The Morgan fingerprint density at radius 2 is 1.67 bits per heavy atom. The molecule has 0 atom stereocenters. The number of anilines is 2. The predicted octanol–water partition coefficient (Wildman–Crippen LogP) is 2.41. The van der Waals surface area contributed by atoms with Gasteiger partial charge in [0.25, 0.3) is 0 Å². The fourth-order valence-corrected chi connectivity index (χ4v) is 5.45. The maximum absolute atomic E-state index is 15.3. The van der Waals surface area contributed by atoms with Crippen molar-refractivity contribution in [3.8, 4) is 22.9 Å². The van der Waals surface area contributed by atoms with Gasteiger partial charge in [0.1, 0.15) is 30.6 Å². The summed E-state index contributed by atoms with van der Waals surface area (Å²) in [5, 5.41) is 13.9. The Morgan fingerprint density at radius 3 is 2.35 bits per heavy atom. The minimum atomic E-state index is -0.641. The summed E-state index contributed by atoms with van der Waals surface area (Å²) in [5.74, 6) is 0.449. The van der Waals surface area contributed by atoms with E-state index in [1.165, 1.54) is 18.5 Å². The number of pyridine rings is 1. The Balaban J connectivity index is 1.16. The SMILES string of the molecule is CCc1cnc(N2CCN(c3ncc(-c4ccc(-n5cnn(CC(=O)N6CCCC6)c5=O)c(F)c4)cc3C#N)CC2)nc1. The number of carbonyl (C=O) groups excluding carboxylic acids is 1. The zero-order chi connectivity index (χ0) is 29.9. The molecule has 5 heterocycles. The molecule has 2 aliphatic heterocycles. The Labute approximate surface area is 247 Å². The lowest BCUT2D eigenvalue weighted by atomic mass is 10.0. The lowest BCUT2D eigenvalue weighted by Gasteiger charge is -2.35. The van der Waals surface area contributed by atoms with E-state index in [0.717, 1.165) is 34.1 Å². The Hall–Kier alpha value is -5.12. The van der Waals surface area contributed by atoms with Gasteiger partial charge in [-0.15, -0.1) is 0 Å². The maximum atomic E-state index is 15.3. The Morgan fingerprint density at radius 1 is 0.953 bits per heavy atom. The number of hydrogen-bond donors (Lipinski definition) is 0. The number of aromatic nitrogens is 6. The quantitative estimate of drug-likeness (QED) is 0.323. The number of carbonyl (C=O) groups is 1. The van der Waals surface area contributed by atoms with Gasteiger partial charge in [-0.2, -0.15) is 10.4 Å². The van der Waals surface area contributed by atoms with Gasteiger partial charge >= 0.3 is 5.69 Å². The number of benzene rings is 1. The molecular formula is C30H31FN10O2. The van der Waals surface area contributed by atoms with Gasteiger partial charge in [0.15, 0.2) is 0 Å². The van der Waals surface area contributed by atoms with Crippen molar-refractivity contribution in [2.45, 2.75) is 32.7 Å². The van der Waals surface area contributed by atoms with Crippen LogP contribution >= 0.6 is 0 Å². The van der Waals surface area contributed by atoms with Crippen molar-refractivity contribution in [1.29, 1.82) is 5.26 Å². The van der Waals surface area contributed by atoms with Crippen LogP contribution in [0.15, 0.2) is 54.0 Å². The number of likely N-dealkylation sites (tertiary alicyclic amines) is 1. The van der Waals surface area contributed by atoms with E-state index in [9.17, 15) is 14.9 Å². The third-order valence-electron chi connectivity index (χ3n) is 7.97. The zero-order valence-electron chi connectivity index (χ0n) is 23.9. The number of hydrogen-bond acceptors (Lipinski definition) is 9. The first-order chi connectivity index (χ1) is 20.9. The fraction of sp³-hybridized carbons (Fsp3) is 0.367. The second-order valence-corrected chi connectivity index (χ2v) is 10.6. The van der Waals surface area contributed by atoms with E-state index in [1.54, 1.807) is 23.2 Å². The van der Waals surface area contributed by atoms with Crippen LogP contribution in [0.5, 0.6) is 0 Å². The van der Waals surface area contributed by atoms with E-state index in [1.807, 2.05) is 12.4 Å². The predicted molar refractivity (Wildman–Crippen MR) is 157 cm³/mol. The van der Waals surface area contributed by atoms with Crippen molar-refractivity contribution in [2.24, 2.45) is 0 Å². The topological polar surface area (TPSA) is 129 Å². The molecule has 12 nitrogen and oxygen atoms in total. The second kappa shape index (κ2) is 12.0. The molecule has 0 saturated carbocycles. The maximum Gasteiger partial charge on any atom is 0.350 e. The molecule has 4 aromatic rings. The van der Waals surface area contributed by atoms with E-state index >= 15 is 4.39 Å². The Kier molecular flexibility index (Phi) is 7.83. The molecular weight excluding hydrogens is 551 g/mol. The number of halogens is 1. The van der Waals surface area contributed by atoms with Gasteiger partial charge in [-0.25, -0.2) is 33.4 Å². The Bertz CT molecular complexity index is 1730. The number of amides is 1. The van der Waals surface area contributed by atoms with E-state index in [0.29, 0.717) is 67.7 Å². The average Bonchev–Trinajstić information content (AvgIpc) is 3.72. The van der Waals surface area contributed by atoms with Gasteiger partial charge in [0.05, 0.1) is 11.3 Å². The van der Waals surface area contributed by atoms with Crippen molar-refractivity contribution < 1.29 is 9.18 Å². The molecule has 1 aromatic carbocycles. The molecule has 2 saturated heterocycles. The highest BCUT2D eigenvalue weighted by Gasteiger charge is 2.23. The van der Waals surface area contributed by atoms with Gasteiger partial charge in [-0.3, -0.25) is 4.79 Å². The minimum Gasteiger partial charge on any atom is -0.352 e. The highest BCUT2D eigenvalue weighted by Crippen LogP contribution is 2.28. The van der Waals surface area contributed by atoms with Gasteiger partial charge in [0, 0.05) is 63.4 Å². The van der Waals surface area contributed by atoms with Crippen LogP contribution in [-0.4, -0.2) is 79.4 Å². The normalized spacial score (nSPS) is 15.1. The van der Waals surface area contributed by atoms with Gasteiger partial charge in [-0.05, 0) is 48.6 Å². The number of piperazine rings is 1. The lowest BCUT2D eigenvalue weighted by molar-refractivity contribution is -0.131. The van der Waals surface area contributed by atoms with Crippen LogP contribution in [0.2, 0.25) is 0 Å². The smallest absolute Gasteiger partial charge is 0.350 e. The first-order valence-corrected chi connectivity index (χ1v) is 14.4. The number of rotatable bonds is 7. The van der Waals surface area contributed by atoms with E-state index in [4.69, 9.17) is 0 Å². The highest BCUT2D eigenvalue weighted by atomic mass is 19.1. The molecule has 6 rings (SSSR count). The molecule has 0 spiro atoms. The summed E-state index contributed by atoms with van der Waals surface area (Å²) < 4.78 is 17.4. The van der Waals surface area contributed by atoms with Crippen LogP contribution in [0.3, 0.4) is 0 Å². The van der Waals surface area contributed by atoms with Crippen LogP contribution in [0.4, 0.5) is 16.2 Å². The summed E-state index contributed by atoms with van der Waals surface area (Å²) in [4.78, 5) is 44.8. The van der Waals surface area contributed by atoms with Gasteiger partial charge < -0.3 is 14.7 Å². The molecule has 0 bridgehead atoms. The first-order valence-electron chi connectivity index (χ1n) is 14.4. The standard InChI is InChI=1S/C30H31FN10O2/c1-2-21-16-34-29(35-17-21)39-11-9-38(10-12-39)28-23(15-32)13-24(18-33-28)22-5-6-26(25(31)14-22)40-20-36-41(30(40)43)19-27(42)37-7-3-4-8-37/h5-6,13-14,16-18,20H,2-4,7-12,19H2,1H3. The molecule has 3 aromatic heterocycles. The molecule has 0 aliphatic carbocycles. The highest BCUT2D eigenvalue weighted by molar-refractivity contribution is 5.76. The van der Waals surface area contributed by atoms with E-state index < -0.39 is 11.5 Å². The summed E-state index contributed by atoms with van der Waals surface area (Å²) in [7, 11) is 0. The van der Waals surface area contributed by atoms with Crippen LogP contribution in [0.25, 0.3) is 16.8 Å². The van der Waals surface area contributed by atoms with Crippen LogP contribution in [0.1, 0.15) is 30.9 Å². The van der Waals surface area contributed by atoms with Crippen molar-refractivity contribution in [3.05, 3.63) is 76.6 Å². The van der Waals surface area contributed by atoms with Crippen LogP contribution in [-0.2, 0) is 17.8 Å². The minimum absolute atomic E-state index is 0.0184.